The Kier molecular flexibility index (Phi) is 5.53. The first-order valence-electron chi connectivity index (χ1n) is 8.73. The molecule has 0 aliphatic rings. The van der Waals surface area contributed by atoms with E-state index in [1.165, 1.54) is 11.3 Å². The summed E-state index contributed by atoms with van der Waals surface area (Å²) in [5.41, 5.74) is 2.87. The number of nitrogens with zero attached hydrogens (tertiary/aromatic N) is 4. The van der Waals surface area contributed by atoms with Crippen LogP contribution in [0.1, 0.15) is 4.88 Å². The normalized spacial score (nSPS) is 10.1. The standard InChI is InChI=1S/C23H11ClN4S2/c24-16-3-5-17(6-4-16)28-19(22-2-1-11-29-22)7-8-20(28)23-10-9-21(30-23)18(14-27)15(12-25)13-26/h1-11H. The molecule has 0 amide bonds. The molecule has 0 bridgehead atoms. The van der Waals surface area contributed by atoms with Crippen LogP contribution in [-0.2, 0) is 0 Å². The molecule has 0 radical (unpaired) electrons. The van der Waals surface area contributed by atoms with Gasteiger partial charge in [0.25, 0.3) is 0 Å². The predicted molar refractivity (Wildman–Crippen MR) is 121 cm³/mol. The highest BCUT2D eigenvalue weighted by molar-refractivity contribution is 7.16. The molecule has 4 rings (SSSR count). The van der Waals surface area contributed by atoms with Crippen LogP contribution in [0.25, 0.3) is 32.4 Å². The van der Waals surface area contributed by atoms with Crippen molar-refractivity contribution in [1.29, 1.82) is 15.8 Å². The number of allylic oxidation sites excluding steroid dienone is 2. The second kappa shape index (κ2) is 8.41. The molecule has 142 valence electrons. The van der Waals surface area contributed by atoms with E-state index in [0.29, 0.717) is 9.90 Å². The lowest BCUT2D eigenvalue weighted by Crippen LogP contribution is -1.97. The van der Waals surface area contributed by atoms with Crippen LogP contribution < -0.4 is 0 Å². The van der Waals surface area contributed by atoms with Crippen molar-refractivity contribution < 1.29 is 0 Å². The largest absolute Gasteiger partial charge is 0.308 e. The number of rotatable bonds is 4. The molecule has 0 aliphatic carbocycles. The molecular formula is C23H11ClN4S2. The summed E-state index contributed by atoms with van der Waals surface area (Å²) in [5, 5.41) is 30.4. The van der Waals surface area contributed by atoms with Gasteiger partial charge in [0.1, 0.15) is 23.8 Å². The van der Waals surface area contributed by atoms with Crippen molar-refractivity contribution >= 4 is 39.8 Å². The van der Waals surface area contributed by atoms with Gasteiger partial charge in [0, 0.05) is 15.6 Å². The van der Waals surface area contributed by atoms with Gasteiger partial charge in [-0.05, 0) is 60.0 Å². The van der Waals surface area contributed by atoms with E-state index in [-0.39, 0.29) is 11.1 Å². The van der Waals surface area contributed by atoms with Gasteiger partial charge in [-0.15, -0.1) is 22.7 Å². The number of thiophene rings is 2. The molecule has 3 heterocycles. The zero-order valence-corrected chi connectivity index (χ0v) is 17.7. The highest BCUT2D eigenvalue weighted by Crippen LogP contribution is 2.39. The van der Waals surface area contributed by atoms with Crippen molar-refractivity contribution in [3.05, 3.63) is 81.5 Å². The molecule has 0 saturated carbocycles. The second-order valence-electron chi connectivity index (χ2n) is 6.14. The van der Waals surface area contributed by atoms with E-state index in [2.05, 4.69) is 16.7 Å². The molecule has 0 atom stereocenters. The second-order valence-corrected chi connectivity index (χ2v) is 8.61. The zero-order valence-electron chi connectivity index (χ0n) is 15.3. The van der Waals surface area contributed by atoms with Gasteiger partial charge < -0.3 is 4.57 Å². The summed E-state index contributed by atoms with van der Waals surface area (Å²) < 4.78 is 2.14. The van der Waals surface area contributed by atoms with Crippen molar-refractivity contribution in [2.24, 2.45) is 0 Å². The molecule has 0 unspecified atom stereocenters. The number of hydrogen-bond acceptors (Lipinski definition) is 5. The van der Waals surface area contributed by atoms with Gasteiger partial charge in [-0.2, -0.15) is 15.8 Å². The highest BCUT2D eigenvalue weighted by atomic mass is 35.5. The summed E-state index contributed by atoms with van der Waals surface area (Å²) in [5.74, 6) is 0. The van der Waals surface area contributed by atoms with Crippen LogP contribution in [0.3, 0.4) is 0 Å². The molecule has 0 spiro atoms. The monoisotopic (exact) mass is 442 g/mol. The van der Waals surface area contributed by atoms with Gasteiger partial charge in [-0.1, -0.05) is 17.7 Å². The third-order valence-corrected chi connectivity index (χ3v) is 6.70. The first-order valence-corrected chi connectivity index (χ1v) is 10.8. The summed E-state index contributed by atoms with van der Waals surface area (Å²) >= 11 is 9.12. The Labute approximate surface area is 186 Å². The van der Waals surface area contributed by atoms with E-state index in [1.807, 2.05) is 53.9 Å². The molecule has 4 aromatic rings. The lowest BCUT2D eigenvalue weighted by Gasteiger charge is -2.12. The van der Waals surface area contributed by atoms with Crippen molar-refractivity contribution in [3.8, 4) is 45.0 Å². The minimum atomic E-state index is -0.182. The van der Waals surface area contributed by atoms with Crippen molar-refractivity contribution in [1.82, 2.24) is 4.57 Å². The third-order valence-electron chi connectivity index (χ3n) is 4.43. The van der Waals surface area contributed by atoms with Crippen LogP contribution >= 0.6 is 34.3 Å². The quantitative estimate of drug-likeness (QED) is 0.322. The molecule has 30 heavy (non-hydrogen) atoms. The minimum Gasteiger partial charge on any atom is -0.308 e. The summed E-state index contributed by atoms with van der Waals surface area (Å²) in [6.07, 6.45) is 0. The summed E-state index contributed by atoms with van der Waals surface area (Å²) in [7, 11) is 0. The Bertz CT molecular complexity index is 1350. The van der Waals surface area contributed by atoms with Crippen molar-refractivity contribution in [2.75, 3.05) is 0 Å². The number of aromatic nitrogens is 1. The van der Waals surface area contributed by atoms with Crippen LogP contribution in [0.2, 0.25) is 5.02 Å². The summed E-state index contributed by atoms with van der Waals surface area (Å²) in [6, 6.07) is 25.1. The van der Waals surface area contributed by atoms with E-state index < -0.39 is 0 Å². The van der Waals surface area contributed by atoms with E-state index in [1.54, 1.807) is 29.5 Å². The average molecular weight is 443 g/mol. The van der Waals surface area contributed by atoms with Gasteiger partial charge in [0.05, 0.1) is 26.7 Å². The fourth-order valence-electron chi connectivity index (χ4n) is 3.09. The van der Waals surface area contributed by atoms with E-state index in [9.17, 15) is 5.26 Å². The number of halogens is 1. The van der Waals surface area contributed by atoms with Crippen LogP contribution in [0.15, 0.2) is 71.6 Å². The molecule has 0 fully saturated rings. The van der Waals surface area contributed by atoms with Crippen LogP contribution in [0.5, 0.6) is 0 Å². The first kappa shape index (κ1) is 19.7. The lowest BCUT2D eigenvalue weighted by atomic mass is 10.1. The van der Waals surface area contributed by atoms with Crippen LogP contribution in [-0.4, -0.2) is 4.57 Å². The summed E-state index contributed by atoms with van der Waals surface area (Å²) in [6.45, 7) is 0. The number of nitriles is 3. The summed E-state index contributed by atoms with van der Waals surface area (Å²) in [4.78, 5) is 2.64. The predicted octanol–water partition coefficient (Wildman–Crippen LogP) is 6.91. The fraction of sp³-hybridized carbons (Fsp3) is 0. The Hall–Kier alpha value is -3.60. The first-order chi connectivity index (χ1) is 14.7. The number of benzene rings is 1. The van der Waals surface area contributed by atoms with Crippen LogP contribution in [0.4, 0.5) is 0 Å². The van der Waals surface area contributed by atoms with Gasteiger partial charge in [-0.3, -0.25) is 0 Å². The topological polar surface area (TPSA) is 76.3 Å². The van der Waals surface area contributed by atoms with Gasteiger partial charge in [-0.25, -0.2) is 0 Å². The van der Waals surface area contributed by atoms with Gasteiger partial charge in [0.15, 0.2) is 0 Å². The molecular weight excluding hydrogens is 432 g/mol. The van der Waals surface area contributed by atoms with E-state index in [0.717, 1.165) is 26.8 Å². The minimum absolute atomic E-state index is 0.0966. The Morgan fingerprint density at radius 3 is 2.10 bits per heavy atom. The van der Waals surface area contributed by atoms with Gasteiger partial charge >= 0.3 is 0 Å². The Balaban J connectivity index is 1.90. The fourth-order valence-corrected chi connectivity index (χ4v) is 4.98. The maximum absolute atomic E-state index is 9.46. The lowest BCUT2D eigenvalue weighted by molar-refractivity contribution is 1.10. The molecule has 1 aromatic carbocycles. The third kappa shape index (κ3) is 3.54. The van der Waals surface area contributed by atoms with E-state index in [4.69, 9.17) is 22.1 Å². The molecule has 0 N–H and O–H groups in total. The van der Waals surface area contributed by atoms with Gasteiger partial charge in [0.2, 0.25) is 0 Å². The number of hydrogen-bond donors (Lipinski definition) is 0. The van der Waals surface area contributed by atoms with E-state index >= 15 is 0 Å². The van der Waals surface area contributed by atoms with Crippen molar-refractivity contribution in [2.45, 2.75) is 0 Å². The zero-order chi connectivity index (χ0) is 21.1. The Morgan fingerprint density at radius 1 is 0.800 bits per heavy atom. The maximum Gasteiger partial charge on any atom is 0.148 e. The average Bonchev–Trinajstić information content (AvgIpc) is 3.52. The highest BCUT2D eigenvalue weighted by Gasteiger charge is 2.18. The molecule has 3 aromatic heterocycles. The Morgan fingerprint density at radius 2 is 1.50 bits per heavy atom. The smallest absolute Gasteiger partial charge is 0.148 e. The molecule has 7 heteroatoms. The van der Waals surface area contributed by atoms with Crippen LogP contribution in [0, 0.1) is 34.0 Å². The van der Waals surface area contributed by atoms with Crippen molar-refractivity contribution in [3.63, 3.8) is 0 Å². The maximum atomic E-state index is 9.46. The molecule has 0 aliphatic heterocycles. The molecule has 0 saturated heterocycles. The molecule has 4 nitrogen and oxygen atoms in total. The SMILES string of the molecule is N#CC(C#N)=C(C#N)c1ccc(-c2ccc(-c3cccs3)n2-c2ccc(Cl)cc2)s1.